The largest absolute Gasteiger partial charge is 0.370 e. The molecule has 3 N–H and O–H groups in total. The van der Waals surface area contributed by atoms with E-state index >= 15 is 0 Å². The fourth-order valence-electron chi connectivity index (χ4n) is 2.26. The third-order valence-corrected chi connectivity index (χ3v) is 3.36. The molecule has 0 aromatic heterocycles. The molecule has 0 aromatic rings. The molecule has 0 saturated carbocycles. The van der Waals surface area contributed by atoms with E-state index in [1.54, 1.807) is 0 Å². The lowest BCUT2D eigenvalue weighted by Gasteiger charge is -2.28. The molecule has 1 aliphatic heterocycles. The van der Waals surface area contributed by atoms with Crippen LogP contribution >= 0.6 is 0 Å². The minimum Gasteiger partial charge on any atom is -0.370 e. The Hall–Kier alpha value is -0.960. The van der Waals surface area contributed by atoms with E-state index in [0.29, 0.717) is 6.17 Å². The van der Waals surface area contributed by atoms with E-state index in [1.807, 2.05) is 19.3 Å². The molecule has 3 nitrogen and oxygen atoms in total. The molecule has 18 heavy (non-hydrogen) atoms. The Bertz CT molecular complexity index is 258. The summed E-state index contributed by atoms with van der Waals surface area (Å²) in [5.74, 6) is 0. The van der Waals surface area contributed by atoms with Crippen molar-refractivity contribution in [3.8, 4) is 0 Å². The molecule has 2 atom stereocenters. The maximum absolute atomic E-state index is 5.90. The van der Waals surface area contributed by atoms with Crippen LogP contribution in [-0.2, 0) is 0 Å². The van der Waals surface area contributed by atoms with Crippen molar-refractivity contribution in [1.29, 1.82) is 0 Å². The number of unbranched alkanes of at least 4 members (excludes halogenated alkanes) is 4. The third-order valence-electron chi connectivity index (χ3n) is 3.36. The average molecular weight is 251 g/mol. The van der Waals surface area contributed by atoms with Crippen LogP contribution in [0.1, 0.15) is 58.8 Å². The number of allylic oxidation sites excluding steroid dienone is 2. The molecule has 0 radical (unpaired) electrons. The van der Waals surface area contributed by atoms with Gasteiger partial charge >= 0.3 is 0 Å². The van der Waals surface area contributed by atoms with Crippen LogP contribution in [0.25, 0.3) is 0 Å². The highest BCUT2D eigenvalue weighted by molar-refractivity contribution is 4.96. The molecule has 3 heteroatoms. The van der Waals surface area contributed by atoms with Crippen LogP contribution < -0.4 is 11.1 Å². The highest BCUT2D eigenvalue weighted by atomic mass is 15.3. The number of nitrogens with zero attached hydrogens (tertiary/aromatic N) is 1. The lowest BCUT2D eigenvalue weighted by Crippen LogP contribution is -2.44. The molecule has 1 aliphatic rings. The zero-order chi connectivity index (χ0) is 13.2. The normalized spacial score (nSPS) is 20.6. The Morgan fingerprint density at radius 2 is 2.06 bits per heavy atom. The molecular weight excluding hydrogens is 222 g/mol. The molecule has 1 heterocycles. The topological polar surface area (TPSA) is 41.3 Å². The standard InChI is InChI=1S/C15H29N3/c1-3-4-5-6-7-8-9-10-11-15-17-12-13-18(15)14(2)16/h8-9,12-15,17H,3-7,10-11,16H2,1-2H3/b9-8+. The van der Waals surface area contributed by atoms with Crippen molar-refractivity contribution in [2.45, 2.75) is 71.1 Å². The second-order valence-electron chi connectivity index (χ2n) is 5.08. The maximum Gasteiger partial charge on any atom is 0.0998 e. The summed E-state index contributed by atoms with van der Waals surface area (Å²) >= 11 is 0. The lowest BCUT2D eigenvalue weighted by molar-refractivity contribution is 0.213. The summed E-state index contributed by atoms with van der Waals surface area (Å²) in [5, 5.41) is 3.34. The van der Waals surface area contributed by atoms with Crippen LogP contribution in [0.2, 0.25) is 0 Å². The monoisotopic (exact) mass is 251 g/mol. The van der Waals surface area contributed by atoms with E-state index in [9.17, 15) is 0 Å². The lowest BCUT2D eigenvalue weighted by atomic mass is 10.1. The molecule has 0 fully saturated rings. The van der Waals surface area contributed by atoms with Crippen molar-refractivity contribution in [2.24, 2.45) is 5.73 Å². The fraction of sp³-hybridized carbons (Fsp3) is 0.733. The first kappa shape index (κ1) is 15.1. The van der Waals surface area contributed by atoms with Gasteiger partial charge in [-0.1, -0.05) is 38.3 Å². The molecule has 104 valence electrons. The molecule has 0 saturated heterocycles. The van der Waals surface area contributed by atoms with Crippen molar-refractivity contribution in [1.82, 2.24) is 10.2 Å². The summed E-state index contributed by atoms with van der Waals surface area (Å²) in [6.45, 7) is 4.27. The second-order valence-corrected chi connectivity index (χ2v) is 5.08. The molecule has 1 rings (SSSR count). The summed E-state index contributed by atoms with van der Waals surface area (Å²) in [4.78, 5) is 2.18. The Morgan fingerprint density at radius 3 is 2.78 bits per heavy atom. The van der Waals surface area contributed by atoms with E-state index in [1.165, 1.54) is 32.1 Å². The molecule has 0 aromatic carbocycles. The van der Waals surface area contributed by atoms with E-state index in [4.69, 9.17) is 5.73 Å². The SMILES string of the molecule is CCCCCC/C=C/CCC1NC=CN1C(C)N. The van der Waals surface area contributed by atoms with Gasteiger partial charge in [0.15, 0.2) is 0 Å². The van der Waals surface area contributed by atoms with Crippen LogP contribution in [0.4, 0.5) is 0 Å². The first-order chi connectivity index (χ1) is 8.75. The Labute approximate surface area is 112 Å². The molecule has 0 aliphatic carbocycles. The van der Waals surface area contributed by atoms with Gasteiger partial charge in [-0.2, -0.15) is 0 Å². The van der Waals surface area contributed by atoms with E-state index in [-0.39, 0.29) is 6.17 Å². The highest BCUT2D eigenvalue weighted by Gasteiger charge is 2.19. The summed E-state index contributed by atoms with van der Waals surface area (Å²) < 4.78 is 0. The van der Waals surface area contributed by atoms with Crippen LogP contribution in [0.5, 0.6) is 0 Å². The van der Waals surface area contributed by atoms with Gasteiger partial charge in [0.05, 0.1) is 12.3 Å². The number of nitrogens with two attached hydrogens (primary N) is 1. The first-order valence-corrected chi connectivity index (χ1v) is 7.36. The predicted octanol–water partition coefficient (Wildman–Crippen LogP) is 3.30. The smallest absolute Gasteiger partial charge is 0.0998 e. The highest BCUT2D eigenvalue weighted by Crippen LogP contribution is 2.12. The Kier molecular flexibility index (Phi) is 7.58. The first-order valence-electron chi connectivity index (χ1n) is 7.36. The molecule has 0 bridgehead atoms. The average Bonchev–Trinajstić information content (AvgIpc) is 2.81. The van der Waals surface area contributed by atoms with E-state index < -0.39 is 0 Å². The van der Waals surface area contributed by atoms with E-state index in [0.717, 1.165) is 12.8 Å². The number of hydrogen-bond acceptors (Lipinski definition) is 3. The minimum atomic E-state index is 0.0827. The molecule has 0 spiro atoms. The van der Waals surface area contributed by atoms with Crippen molar-refractivity contribution in [2.75, 3.05) is 0 Å². The van der Waals surface area contributed by atoms with Gasteiger partial charge in [0.1, 0.15) is 0 Å². The zero-order valence-electron chi connectivity index (χ0n) is 11.9. The minimum absolute atomic E-state index is 0.0827. The van der Waals surface area contributed by atoms with Gasteiger partial charge in [-0.3, -0.25) is 0 Å². The van der Waals surface area contributed by atoms with Gasteiger partial charge in [-0.05, 0) is 32.6 Å². The van der Waals surface area contributed by atoms with Crippen molar-refractivity contribution in [3.63, 3.8) is 0 Å². The zero-order valence-corrected chi connectivity index (χ0v) is 11.9. The Morgan fingerprint density at radius 1 is 1.28 bits per heavy atom. The third kappa shape index (κ3) is 5.58. The Balaban J connectivity index is 2.05. The molecular formula is C15H29N3. The van der Waals surface area contributed by atoms with Gasteiger partial charge in [0, 0.05) is 12.4 Å². The van der Waals surface area contributed by atoms with Crippen molar-refractivity contribution >= 4 is 0 Å². The maximum atomic E-state index is 5.90. The van der Waals surface area contributed by atoms with Crippen molar-refractivity contribution < 1.29 is 0 Å². The molecule has 0 amide bonds. The van der Waals surface area contributed by atoms with Gasteiger partial charge in [-0.15, -0.1) is 0 Å². The summed E-state index contributed by atoms with van der Waals surface area (Å²) in [5.41, 5.74) is 5.90. The van der Waals surface area contributed by atoms with Gasteiger partial charge in [0.2, 0.25) is 0 Å². The summed E-state index contributed by atoms with van der Waals surface area (Å²) in [7, 11) is 0. The summed E-state index contributed by atoms with van der Waals surface area (Å²) in [6.07, 6.45) is 18.0. The molecule has 2 unspecified atom stereocenters. The van der Waals surface area contributed by atoms with Crippen LogP contribution in [0, 0.1) is 0 Å². The fourth-order valence-corrected chi connectivity index (χ4v) is 2.26. The predicted molar refractivity (Wildman–Crippen MR) is 78.7 cm³/mol. The van der Waals surface area contributed by atoms with Crippen LogP contribution in [-0.4, -0.2) is 17.2 Å². The van der Waals surface area contributed by atoms with Crippen LogP contribution in [0.15, 0.2) is 24.6 Å². The van der Waals surface area contributed by atoms with Crippen LogP contribution in [0.3, 0.4) is 0 Å². The van der Waals surface area contributed by atoms with E-state index in [2.05, 4.69) is 29.3 Å². The van der Waals surface area contributed by atoms with Gasteiger partial charge < -0.3 is 16.0 Å². The number of rotatable bonds is 9. The van der Waals surface area contributed by atoms with Crippen molar-refractivity contribution in [3.05, 3.63) is 24.6 Å². The van der Waals surface area contributed by atoms with Gasteiger partial charge in [0.25, 0.3) is 0 Å². The summed E-state index contributed by atoms with van der Waals surface area (Å²) in [6, 6.07) is 0. The quantitative estimate of drug-likeness (QED) is 0.488. The number of hydrogen-bond donors (Lipinski definition) is 2. The second kappa shape index (κ2) is 9.03. The number of nitrogens with one attached hydrogen (secondary N) is 1. The van der Waals surface area contributed by atoms with Gasteiger partial charge in [-0.25, -0.2) is 0 Å².